The van der Waals surface area contributed by atoms with E-state index in [0.717, 1.165) is 25.7 Å². The van der Waals surface area contributed by atoms with Crippen molar-refractivity contribution in [2.75, 3.05) is 12.3 Å². The van der Waals surface area contributed by atoms with Crippen LogP contribution in [-0.2, 0) is 4.57 Å². The lowest BCUT2D eigenvalue weighted by Crippen LogP contribution is -1.96. The van der Waals surface area contributed by atoms with Crippen molar-refractivity contribution in [3.63, 3.8) is 0 Å². The molecule has 31 heavy (non-hydrogen) atoms. The average molecular weight is 459 g/mol. The van der Waals surface area contributed by atoms with Gasteiger partial charge >= 0.3 is 0 Å². The van der Waals surface area contributed by atoms with Crippen LogP contribution >= 0.6 is 7.37 Å². The van der Waals surface area contributed by atoms with E-state index in [1.54, 1.807) is 0 Å². The molecule has 0 aromatic rings. The summed E-state index contributed by atoms with van der Waals surface area (Å²) in [5, 5.41) is 0. The van der Waals surface area contributed by atoms with Gasteiger partial charge in [-0.1, -0.05) is 155 Å². The molecule has 0 saturated carbocycles. The number of unbranched alkanes of at least 4 members (excludes halogenated alkanes) is 22. The Morgan fingerprint density at radius 3 is 0.806 bits per heavy atom. The minimum absolute atomic E-state index is 0.558. The third kappa shape index (κ3) is 26.3. The highest BCUT2D eigenvalue weighted by Crippen LogP contribution is 2.42. The van der Waals surface area contributed by atoms with Crippen molar-refractivity contribution in [3.05, 3.63) is 0 Å². The maximum atomic E-state index is 12.3. The summed E-state index contributed by atoms with van der Waals surface area (Å²) >= 11 is 0. The first-order valence-corrected chi connectivity index (χ1v) is 16.5. The fraction of sp³-hybridized carbons (Fsp3) is 1.00. The summed E-state index contributed by atoms with van der Waals surface area (Å²) in [5.74, 6) is 0. The smallest absolute Gasteiger partial charge is 0.200 e. The van der Waals surface area contributed by atoms with E-state index in [1.807, 2.05) is 0 Å². The molecule has 0 aliphatic carbocycles. The maximum absolute atomic E-state index is 12.3. The number of hydrogen-bond acceptors (Lipinski definition) is 1. The number of rotatable bonds is 26. The molecular weight excluding hydrogens is 399 g/mol. The van der Waals surface area contributed by atoms with E-state index in [0.29, 0.717) is 12.3 Å². The lowest BCUT2D eigenvalue weighted by atomic mass is 10.1. The van der Waals surface area contributed by atoms with E-state index in [1.165, 1.54) is 128 Å². The van der Waals surface area contributed by atoms with Crippen molar-refractivity contribution in [3.8, 4) is 0 Å². The van der Waals surface area contributed by atoms with Gasteiger partial charge in [-0.15, -0.1) is 0 Å². The molecule has 0 radical (unpaired) electrons. The quantitative estimate of drug-likeness (QED) is 0.103. The van der Waals surface area contributed by atoms with E-state index in [9.17, 15) is 9.46 Å². The first kappa shape index (κ1) is 31.2. The Hall–Kier alpha value is 0.190. The molecule has 0 amide bonds. The molecule has 0 aromatic heterocycles. The van der Waals surface area contributed by atoms with E-state index in [2.05, 4.69) is 13.8 Å². The summed E-state index contributed by atoms with van der Waals surface area (Å²) in [7, 11) is -2.85. The second-order valence-corrected chi connectivity index (χ2v) is 12.7. The molecule has 0 spiro atoms. The van der Waals surface area contributed by atoms with Gasteiger partial charge in [-0.2, -0.15) is 0 Å². The van der Waals surface area contributed by atoms with Crippen LogP contribution in [0.3, 0.4) is 0 Å². The van der Waals surface area contributed by atoms with Gasteiger partial charge in [-0.25, -0.2) is 0 Å². The van der Waals surface area contributed by atoms with Gasteiger partial charge in [0.15, 0.2) is 0 Å². The van der Waals surface area contributed by atoms with Crippen LogP contribution in [0.2, 0.25) is 0 Å². The molecule has 188 valence electrons. The monoisotopic (exact) mass is 458 g/mol. The van der Waals surface area contributed by atoms with Crippen LogP contribution in [0, 0.1) is 0 Å². The van der Waals surface area contributed by atoms with Gasteiger partial charge in [0.2, 0.25) is 7.37 Å². The Morgan fingerprint density at radius 1 is 0.387 bits per heavy atom. The summed E-state index contributed by atoms with van der Waals surface area (Å²) in [6.45, 7) is 4.55. The zero-order valence-electron chi connectivity index (χ0n) is 21.7. The van der Waals surface area contributed by atoms with Crippen LogP contribution in [0.4, 0.5) is 0 Å². The van der Waals surface area contributed by atoms with Gasteiger partial charge in [0.05, 0.1) is 0 Å². The van der Waals surface area contributed by atoms with Gasteiger partial charge in [0, 0.05) is 12.3 Å². The van der Waals surface area contributed by atoms with Crippen LogP contribution in [0.15, 0.2) is 0 Å². The third-order valence-electron chi connectivity index (χ3n) is 6.72. The van der Waals surface area contributed by atoms with E-state index in [4.69, 9.17) is 0 Å². The summed E-state index contributed by atoms with van der Waals surface area (Å²) < 4.78 is 12.3. The van der Waals surface area contributed by atoms with Crippen LogP contribution in [0.1, 0.15) is 168 Å². The van der Waals surface area contributed by atoms with Gasteiger partial charge in [0.25, 0.3) is 0 Å². The fourth-order valence-electron chi connectivity index (χ4n) is 4.51. The highest BCUT2D eigenvalue weighted by molar-refractivity contribution is 7.57. The molecule has 0 heterocycles. The normalized spacial score (nSPS) is 12.0. The van der Waals surface area contributed by atoms with Crippen molar-refractivity contribution >= 4 is 7.37 Å². The maximum Gasteiger partial charge on any atom is 0.200 e. The second-order valence-electron chi connectivity index (χ2n) is 10.1. The van der Waals surface area contributed by atoms with Crippen LogP contribution in [-0.4, -0.2) is 17.2 Å². The molecular formula is C28H59O2P. The van der Waals surface area contributed by atoms with Crippen molar-refractivity contribution in [2.24, 2.45) is 0 Å². The predicted octanol–water partition coefficient (Wildman–Crippen LogP) is 10.7. The van der Waals surface area contributed by atoms with Crippen LogP contribution in [0.25, 0.3) is 0 Å². The molecule has 1 N–H and O–H groups in total. The Kier molecular flexibility index (Phi) is 25.0. The molecule has 2 nitrogen and oxygen atoms in total. The topological polar surface area (TPSA) is 37.3 Å². The first-order valence-electron chi connectivity index (χ1n) is 14.4. The Morgan fingerprint density at radius 2 is 0.581 bits per heavy atom. The van der Waals surface area contributed by atoms with Crippen molar-refractivity contribution in [1.82, 2.24) is 0 Å². The van der Waals surface area contributed by atoms with Crippen LogP contribution in [0.5, 0.6) is 0 Å². The lowest BCUT2D eigenvalue weighted by Gasteiger charge is -2.11. The van der Waals surface area contributed by atoms with Crippen molar-refractivity contribution < 1.29 is 9.46 Å². The molecule has 0 saturated heterocycles. The Bertz CT molecular complexity index is 351. The SMILES string of the molecule is CCCCCCCCCCCCCCP(=O)(O)CCCCCCCCCCCCCC. The van der Waals surface area contributed by atoms with Gasteiger partial charge in [-0.05, 0) is 12.8 Å². The van der Waals surface area contributed by atoms with Crippen molar-refractivity contribution in [1.29, 1.82) is 0 Å². The molecule has 0 aromatic carbocycles. The van der Waals surface area contributed by atoms with Gasteiger partial charge in [-0.3, -0.25) is 4.57 Å². The highest BCUT2D eigenvalue weighted by Gasteiger charge is 2.16. The van der Waals surface area contributed by atoms with Crippen molar-refractivity contribution in [2.45, 2.75) is 168 Å². The summed E-state index contributed by atoms with van der Waals surface area (Å²) in [4.78, 5) is 10.2. The molecule has 0 fully saturated rings. The van der Waals surface area contributed by atoms with E-state index >= 15 is 0 Å². The summed E-state index contributed by atoms with van der Waals surface area (Å²) in [6.07, 6.45) is 32.6. The molecule has 0 aliphatic heterocycles. The summed E-state index contributed by atoms with van der Waals surface area (Å²) in [6, 6.07) is 0. The van der Waals surface area contributed by atoms with Gasteiger partial charge < -0.3 is 4.89 Å². The average Bonchev–Trinajstić information content (AvgIpc) is 2.75. The molecule has 0 unspecified atom stereocenters. The zero-order chi connectivity index (χ0) is 22.9. The van der Waals surface area contributed by atoms with Crippen LogP contribution < -0.4 is 0 Å². The molecule has 3 heteroatoms. The van der Waals surface area contributed by atoms with E-state index < -0.39 is 7.37 Å². The minimum atomic E-state index is -2.85. The second kappa shape index (κ2) is 24.8. The molecule has 0 atom stereocenters. The highest BCUT2D eigenvalue weighted by atomic mass is 31.2. The predicted molar refractivity (Wildman–Crippen MR) is 142 cm³/mol. The molecule has 0 rings (SSSR count). The standard InChI is InChI=1S/C28H59O2P/c1-3-5-7-9-11-13-15-17-19-21-23-25-27-31(29,30)28-26-24-22-20-18-16-14-12-10-8-6-4-2/h3-28H2,1-2H3,(H,29,30). The molecule has 0 bridgehead atoms. The fourth-order valence-corrected chi connectivity index (χ4v) is 6.17. The number of hydrogen-bond donors (Lipinski definition) is 1. The third-order valence-corrected chi connectivity index (χ3v) is 8.75. The van der Waals surface area contributed by atoms with Gasteiger partial charge in [0.1, 0.15) is 0 Å². The zero-order valence-corrected chi connectivity index (χ0v) is 22.6. The largest absolute Gasteiger partial charge is 0.344 e. The summed E-state index contributed by atoms with van der Waals surface area (Å²) in [5.41, 5.74) is 0. The Balaban J connectivity index is 3.30. The minimum Gasteiger partial charge on any atom is -0.344 e. The first-order chi connectivity index (χ1) is 15.1. The lowest BCUT2D eigenvalue weighted by molar-refractivity contribution is 0.469. The van der Waals surface area contributed by atoms with E-state index in [-0.39, 0.29) is 0 Å². The molecule has 0 aliphatic rings. The Labute approximate surface area is 197 Å².